The smallest absolute Gasteiger partial charge is 0.191 e. The summed E-state index contributed by atoms with van der Waals surface area (Å²) in [6.07, 6.45) is 0. The number of halogens is 1. The first-order valence-electron chi connectivity index (χ1n) is 9.04. The summed E-state index contributed by atoms with van der Waals surface area (Å²) in [4.78, 5) is 6.15. The van der Waals surface area contributed by atoms with Gasteiger partial charge in [0.15, 0.2) is 5.96 Å². The number of hydrogen-bond acceptors (Lipinski definition) is 3. The van der Waals surface area contributed by atoms with Crippen LogP contribution in [0.3, 0.4) is 0 Å². The molecular formula is C21H29FN4O. The zero-order chi connectivity index (χ0) is 19.6. The molecule has 0 bridgehead atoms. The van der Waals surface area contributed by atoms with Crippen molar-refractivity contribution >= 4 is 5.96 Å². The Hall–Kier alpha value is -2.60. The van der Waals surface area contributed by atoms with Crippen LogP contribution in [-0.2, 0) is 13.1 Å². The zero-order valence-electron chi connectivity index (χ0n) is 16.6. The molecular weight excluding hydrogens is 343 g/mol. The molecule has 0 amide bonds. The van der Waals surface area contributed by atoms with Gasteiger partial charge in [-0.15, -0.1) is 0 Å². The molecule has 0 aromatic heterocycles. The van der Waals surface area contributed by atoms with E-state index in [0.29, 0.717) is 37.8 Å². The molecule has 2 aromatic carbocycles. The van der Waals surface area contributed by atoms with Crippen LogP contribution < -0.4 is 15.4 Å². The Morgan fingerprint density at radius 1 is 1.11 bits per heavy atom. The van der Waals surface area contributed by atoms with Gasteiger partial charge in [-0.25, -0.2) is 4.39 Å². The van der Waals surface area contributed by atoms with E-state index < -0.39 is 0 Å². The van der Waals surface area contributed by atoms with E-state index in [-0.39, 0.29) is 5.82 Å². The van der Waals surface area contributed by atoms with Crippen molar-refractivity contribution in [1.82, 2.24) is 15.5 Å². The summed E-state index contributed by atoms with van der Waals surface area (Å²) in [7, 11) is 5.57. The molecule has 0 atom stereocenters. The highest BCUT2D eigenvalue weighted by Crippen LogP contribution is 2.12. The third-order valence-corrected chi connectivity index (χ3v) is 3.96. The minimum atomic E-state index is -0.178. The molecule has 0 radical (unpaired) electrons. The molecule has 0 fully saturated rings. The second-order valence-electron chi connectivity index (χ2n) is 6.68. The molecule has 27 heavy (non-hydrogen) atoms. The maximum atomic E-state index is 13.9. The van der Waals surface area contributed by atoms with Crippen molar-refractivity contribution in [2.75, 3.05) is 34.3 Å². The number of ether oxygens (including phenoxy) is 1. The van der Waals surface area contributed by atoms with Crippen LogP contribution in [0, 0.1) is 12.7 Å². The highest BCUT2D eigenvalue weighted by atomic mass is 19.1. The van der Waals surface area contributed by atoms with E-state index >= 15 is 0 Å². The molecule has 2 rings (SSSR count). The average molecular weight is 372 g/mol. The molecule has 0 saturated carbocycles. The number of rotatable bonds is 8. The minimum Gasteiger partial charge on any atom is -0.492 e. The van der Waals surface area contributed by atoms with E-state index in [9.17, 15) is 4.39 Å². The maximum Gasteiger partial charge on any atom is 0.191 e. The number of guanidine groups is 1. The highest BCUT2D eigenvalue weighted by molar-refractivity contribution is 5.79. The number of nitrogens with one attached hydrogen (secondary N) is 2. The van der Waals surface area contributed by atoms with Gasteiger partial charge in [0.2, 0.25) is 0 Å². The number of aryl methyl sites for hydroxylation is 1. The minimum absolute atomic E-state index is 0.178. The Bertz CT molecular complexity index is 744. The van der Waals surface area contributed by atoms with Crippen LogP contribution in [0.25, 0.3) is 0 Å². The quantitative estimate of drug-likeness (QED) is 0.425. The molecule has 2 aromatic rings. The van der Waals surface area contributed by atoms with Crippen molar-refractivity contribution in [2.24, 2.45) is 4.99 Å². The van der Waals surface area contributed by atoms with Crippen molar-refractivity contribution in [3.63, 3.8) is 0 Å². The summed E-state index contributed by atoms with van der Waals surface area (Å²) >= 11 is 0. The summed E-state index contributed by atoms with van der Waals surface area (Å²) in [6.45, 7) is 4.35. The molecule has 146 valence electrons. The van der Waals surface area contributed by atoms with Crippen molar-refractivity contribution in [3.8, 4) is 5.75 Å². The van der Waals surface area contributed by atoms with Gasteiger partial charge in [0.25, 0.3) is 0 Å². The highest BCUT2D eigenvalue weighted by Gasteiger charge is 2.06. The summed E-state index contributed by atoms with van der Waals surface area (Å²) < 4.78 is 19.6. The molecule has 0 saturated heterocycles. The van der Waals surface area contributed by atoms with E-state index in [4.69, 9.17) is 4.74 Å². The lowest BCUT2D eigenvalue weighted by Gasteiger charge is -2.14. The number of hydrogen-bond donors (Lipinski definition) is 2. The Morgan fingerprint density at radius 2 is 1.85 bits per heavy atom. The predicted molar refractivity (Wildman–Crippen MR) is 109 cm³/mol. The van der Waals surface area contributed by atoms with Gasteiger partial charge in [-0.2, -0.15) is 0 Å². The first-order valence-corrected chi connectivity index (χ1v) is 9.04. The van der Waals surface area contributed by atoms with Gasteiger partial charge in [-0.05, 0) is 50.8 Å². The lowest BCUT2D eigenvalue weighted by atomic mass is 10.1. The SMILES string of the molecule is CN=C(NCCOc1ccc(C)cc1)NCc1ccc(F)c(CN(C)C)c1. The van der Waals surface area contributed by atoms with Crippen molar-refractivity contribution < 1.29 is 9.13 Å². The Morgan fingerprint density at radius 3 is 2.52 bits per heavy atom. The summed E-state index contributed by atoms with van der Waals surface area (Å²) in [5.41, 5.74) is 2.90. The number of nitrogens with zero attached hydrogens (tertiary/aromatic N) is 2. The van der Waals surface area contributed by atoms with E-state index in [2.05, 4.69) is 15.6 Å². The van der Waals surface area contributed by atoms with Gasteiger partial charge in [-0.3, -0.25) is 4.99 Å². The maximum absolute atomic E-state index is 13.9. The van der Waals surface area contributed by atoms with Crippen LogP contribution in [0.4, 0.5) is 4.39 Å². The fourth-order valence-corrected chi connectivity index (χ4v) is 2.58. The molecule has 0 aliphatic heterocycles. The largest absolute Gasteiger partial charge is 0.492 e. The first kappa shape index (κ1) is 20.7. The normalized spacial score (nSPS) is 11.6. The fourth-order valence-electron chi connectivity index (χ4n) is 2.58. The van der Waals surface area contributed by atoms with Gasteiger partial charge in [-0.1, -0.05) is 23.8 Å². The molecule has 0 aliphatic rings. The van der Waals surface area contributed by atoms with Crippen molar-refractivity contribution in [1.29, 1.82) is 0 Å². The van der Waals surface area contributed by atoms with Crippen LogP contribution in [0.15, 0.2) is 47.5 Å². The van der Waals surface area contributed by atoms with E-state index in [1.54, 1.807) is 13.1 Å². The topological polar surface area (TPSA) is 48.9 Å². The second-order valence-corrected chi connectivity index (χ2v) is 6.68. The van der Waals surface area contributed by atoms with E-state index in [1.165, 1.54) is 11.6 Å². The second kappa shape index (κ2) is 10.5. The fraction of sp³-hybridized carbons (Fsp3) is 0.381. The summed E-state index contributed by atoms with van der Waals surface area (Å²) in [5, 5.41) is 6.45. The third-order valence-electron chi connectivity index (χ3n) is 3.96. The van der Waals surface area contributed by atoms with Gasteiger partial charge in [0.05, 0.1) is 6.54 Å². The number of aliphatic imine (C=N–C) groups is 1. The van der Waals surface area contributed by atoms with Gasteiger partial charge in [0, 0.05) is 25.7 Å². The molecule has 0 unspecified atom stereocenters. The number of benzene rings is 2. The van der Waals surface area contributed by atoms with Crippen molar-refractivity contribution in [3.05, 3.63) is 65.0 Å². The third kappa shape index (κ3) is 7.27. The first-order chi connectivity index (χ1) is 13.0. The van der Waals surface area contributed by atoms with E-state index in [0.717, 1.165) is 11.3 Å². The predicted octanol–water partition coefficient (Wildman–Crippen LogP) is 2.94. The standard InChI is InChI=1S/C21H29FN4O/c1-16-5-8-19(9-6-16)27-12-11-24-21(23-2)25-14-17-7-10-20(22)18(13-17)15-26(3)4/h5-10,13H,11-12,14-15H2,1-4H3,(H2,23,24,25). The molecule has 2 N–H and O–H groups in total. The average Bonchev–Trinajstić information content (AvgIpc) is 2.64. The van der Waals surface area contributed by atoms with Crippen molar-refractivity contribution in [2.45, 2.75) is 20.0 Å². The van der Waals surface area contributed by atoms with Gasteiger partial charge < -0.3 is 20.3 Å². The Labute approximate surface area is 161 Å². The lowest BCUT2D eigenvalue weighted by molar-refractivity contribution is 0.322. The van der Waals surface area contributed by atoms with Crippen LogP contribution in [-0.4, -0.2) is 45.2 Å². The summed E-state index contributed by atoms with van der Waals surface area (Å²) in [6, 6.07) is 13.2. The molecule has 0 heterocycles. The Kier molecular flexibility index (Phi) is 8.07. The van der Waals surface area contributed by atoms with Gasteiger partial charge >= 0.3 is 0 Å². The Balaban J connectivity index is 1.77. The monoisotopic (exact) mass is 372 g/mol. The van der Waals surface area contributed by atoms with Crippen LogP contribution in [0.2, 0.25) is 0 Å². The lowest BCUT2D eigenvalue weighted by Crippen LogP contribution is -2.38. The van der Waals surface area contributed by atoms with Gasteiger partial charge in [0.1, 0.15) is 18.2 Å². The molecule has 6 heteroatoms. The molecule has 5 nitrogen and oxygen atoms in total. The molecule has 0 aliphatic carbocycles. The molecule has 0 spiro atoms. The van der Waals surface area contributed by atoms with E-state index in [1.807, 2.05) is 56.3 Å². The zero-order valence-corrected chi connectivity index (χ0v) is 16.6. The summed E-state index contributed by atoms with van der Waals surface area (Å²) in [5.74, 6) is 1.36. The van der Waals surface area contributed by atoms with Crippen LogP contribution in [0.5, 0.6) is 5.75 Å². The van der Waals surface area contributed by atoms with Crippen LogP contribution in [0.1, 0.15) is 16.7 Å². The van der Waals surface area contributed by atoms with Crippen LogP contribution >= 0.6 is 0 Å².